The van der Waals surface area contributed by atoms with Gasteiger partial charge in [0.2, 0.25) is 0 Å². The van der Waals surface area contributed by atoms with Crippen LogP contribution in [0.4, 0.5) is 4.39 Å². The van der Waals surface area contributed by atoms with Crippen LogP contribution in [0.1, 0.15) is 45.1 Å². The minimum atomic E-state index is -0.302. The Kier molecular flexibility index (Phi) is 4.86. The molecule has 0 heterocycles. The molecule has 1 aromatic carbocycles. The van der Waals surface area contributed by atoms with Crippen molar-refractivity contribution in [3.05, 3.63) is 34.6 Å². The summed E-state index contributed by atoms with van der Waals surface area (Å²) < 4.78 is 13.5. The zero-order chi connectivity index (χ0) is 13.9. The lowest BCUT2D eigenvalue weighted by Gasteiger charge is -2.31. The third kappa shape index (κ3) is 3.70. The van der Waals surface area contributed by atoms with Gasteiger partial charge < -0.3 is 5.32 Å². The second kappa shape index (κ2) is 6.23. The van der Waals surface area contributed by atoms with Gasteiger partial charge in [0, 0.05) is 12.6 Å². The number of nitrogens with one attached hydrogen (secondary N) is 1. The molecule has 0 aliphatic heterocycles. The zero-order valence-electron chi connectivity index (χ0n) is 11.8. The molecule has 19 heavy (non-hydrogen) atoms. The van der Waals surface area contributed by atoms with Crippen molar-refractivity contribution < 1.29 is 4.39 Å². The van der Waals surface area contributed by atoms with Crippen LogP contribution in [-0.2, 0) is 6.42 Å². The summed E-state index contributed by atoms with van der Waals surface area (Å²) in [5.74, 6) is -0.302. The smallest absolute Gasteiger partial charge is 0.142 e. The molecule has 1 saturated carbocycles. The topological polar surface area (TPSA) is 12.0 Å². The molecule has 1 aliphatic carbocycles. The second-order valence-electron chi connectivity index (χ2n) is 6.13. The lowest BCUT2D eigenvalue weighted by Crippen LogP contribution is -2.37. The van der Waals surface area contributed by atoms with Crippen LogP contribution in [0.2, 0.25) is 5.02 Å². The van der Waals surface area contributed by atoms with E-state index in [0.29, 0.717) is 11.1 Å². The summed E-state index contributed by atoms with van der Waals surface area (Å²) in [6, 6.07) is 5.63. The van der Waals surface area contributed by atoms with E-state index in [2.05, 4.69) is 19.2 Å². The standard InChI is InChI=1S/C16H23ClFN/c1-12(2)19-11-16(8-3-4-9-16)10-13-6-5-7-14(18)15(13)17/h5-7,12,19H,3-4,8-11H2,1-2H3. The van der Waals surface area contributed by atoms with E-state index in [4.69, 9.17) is 11.6 Å². The first-order valence-electron chi connectivity index (χ1n) is 7.19. The largest absolute Gasteiger partial charge is 0.314 e. The van der Waals surface area contributed by atoms with Crippen LogP contribution < -0.4 is 5.32 Å². The van der Waals surface area contributed by atoms with Gasteiger partial charge >= 0.3 is 0 Å². The molecule has 0 spiro atoms. The van der Waals surface area contributed by atoms with Gasteiger partial charge in [-0.15, -0.1) is 0 Å². The van der Waals surface area contributed by atoms with Crippen molar-refractivity contribution in [3.8, 4) is 0 Å². The van der Waals surface area contributed by atoms with Crippen molar-refractivity contribution in [2.24, 2.45) is 5.41 Å². The molecular weight excluding hydrogens is 261 g/mol. The molecule has 0 amide bonds. The average Bonchev–Trinajstić information content (AvgIpc) is 2.82. The SMILES string of the molecule is CC(C)NCC1(Cc2cccc(F)c2Cl)CCCC1. The van der Waals surface area contributed by atoms with Gasteiger partial charge in [0.05, 0.1) is 5.02 Å². The Morgan fingerprint density at radius 1 is 1.32 bits per heavy atom. The molecule has 1 nitrogen and oxygen atoms in total. The van der Waals surface area contributed by atoms with Crippen LogP contribution in [0, 0.1) is 11.2 Å². The summed E-state index contributed by atoms with van der Waals surface area (Å²) in [5.41, 5.74) is 1.20. The molecule has 0 bridgehead atoms. The molecule has 1 N–H and O–H groups in total. The molecule has 0 saturated heterocycles. The van der Waals surface area contributed by atoms with Crippen LogP contribution in [0.25, 0.3) is 0 Å². The van der Waals surface area contributed by atoms with Gasteiger partial charge in [0.25, 0.3) is 0 Å². The maximum Gasteiger partial charge on any atom is 0.142 e. The Bertz CT molecular complexity index is 425. The van der Waals surface area contributed by atoms with E-state index in [0.717, 1.165) is 18.5 Å². The maximum absolute atomic E-state index is 13.5. The number of hydrogen-bond acceptors (Lipinski definition) is 1. The Morgan fingerprint density at radius 3 is 2.63 bits per heavy atom. The lowest BCUT2D eigenvalue weighted by atomic mass is 9.79. The Labute approximate surface area is 120 Å². The summed E-state index contributed by atoms with van der Waals surface area (Å²) in [7, 11) is 0. The Balaban J connectivity index is 2.14. The van der Waals surface area contributed by atoms with Crippen molar-refractivity contribution in [1.29, 1.82) is 0 Å². The second-order valence-corrected chi connectivity index (χ2v) is 6.51. The molecule has 0 radical (unpaired) electrons. The molecule has 106 valence electrons. The lowest BCUT2D eigenvalue weighted by molar-refractivity contribution is 0.269. The highest BCUT2D eigenvalue weighted by Crippen LogP contribution is 2.41. The molecule has 1 aromatic rings. The predicted octanol–water partition coefficient (Wildman–Crippen LogP) is 4.58. The van der Waals surface area contributed by atoms with Crippen LogP contribution >= 0.6 is 11.6 Å². The first-order valence-corrected chi connectivity index (χ1v) is 7.56. The molecular formula is C16H23ClFN. The van der Waals surface area contributed by atoms with Gasteiger partial charge in [-0.2, -0.15) is 0 Å². The van der Waals surface area contributed by atoms with Gasteiger partial charge in [-0.3, -0.25) is 0 Å². The molecule has 1 fully saturated rings. The molecule has 0 unspecified atom stereocenters. The summed E-state index contributed by atoms with van der Waals surface area (Å²) in [6.07, 6.45) is 5.84. The van der Waals surface area contributed by atoms with Crippen LogP contribution in [-0.4, -0.2) is 12.6 Å². The van der Waals surface area contributed by atoms with Crippen molar-refractivity contribution >= 4 is 11.6 Å². The monoisotopic (exact) mass is 283 g/mol. The minimum Gasteiger partial charge on any atom is -0.314 e. The minimum absolute atomic E-state index is 0.252. The highest BCUT2D eigenvalue weighted by molar-refractivity contribution is 6.31. The zero-order valence-corrected chi connectivity index (χ0v) is 12.6. The molecule has 2 rings (SSSR count). The van der Waals surface area contributed by atoms with E-state index in [-0.39, 0.29) is 11.2 Å². The number of hydrogen-bond donors (Lipinski definition) is 1. The van der Waals surface area contributed by atoms with Crippen molar-refractivity contribution in [3.63, 3.8) is 0 Å². The first kappa shape index (κ1) is 14.8. The first-order chi connectivity index (χ1) is 9.02. The fraction of sp³-hybridized carbons (Fsp3) is 0.625. The molecule has 1 aliphatic rings. The van der Waals surface area contributed by atoms with Gasteiger partial charge in [-0.05, 0) is 36.3 Å². The quantitative estimate of drug-likeness (QED) is 0.834. The summed E-state index contributed by atoms with van der Waals surface area (Å²) in [4.78, 5) is 0. The fourth-order valence-electron chi connectivity index (χ4n) is 3.05. The normalized spacial score (nSPS) is 18.2. The molecule has 3 heteroatoms. The van der Waals surface area contributed by atoms with Gasteiger partial charge in [-0.1, -0.05) is 50.4 Å². The van der Waals surface area contributed by atoms with E-state index in [9.17, 15) is 4.39 Å². The van der Waals surface area contributed by atoms with Crippen molar-refractivity contribution in [2.75, 3.05) is 6.54 Å². The van der Waals surface area contributed by atoms with E-state index < -0.39 is 0 Å². The number of rotatable bonds is 5. The molecule has 0 aromatic heterocycles. The third-order valence-electron chi connectivity index (χ3n) is 4.15. The average molecular weight is 284 g/mol. The highest BCUT2D eigenvalue weighted by atomic mass is 35.5. The van der Waals surface area contributed by atoms with Gasteiger partial charge in [0.15, 0.2) is 0 Å². The van der Waals surface area contributed by atoms with E-state index in [1.807, 2.05) is 6.07 Å². The predicted molar refractivity (Wildman–Crippen MR) is 79.2 cm³/mol. The van der Waals surface area contributed by atoms with Crippen molar-refractivity contribution in [1.82, 2.24) is 5.32 Å². The third-order valence-corrected chi connectivity index (χ3v) is 4.57. The summed E-state index contributed by atoms with van der Waals surface area (Å²) in [6.45, 7) is 5.33. The fourth-order valence-corrected chi connectivity index (χ4v) is 3.24. The summed E-state index contributed by atoms with van der Waals surface area (Å²) >= 11 is 6.10. The number of halogens is 2. The van der Waals surface area contributed by atoms with E-state index in [1.165, 1.54) is 31.7 Å². The van der Waals surface area contributed by atoms with Gasteiger partial charge in [0.1, 0.15) is 5.82 Å². The Hall–Kier alpha value is -0.600. The van der Waals surface area contributed by atoms with Crippen molar-refractivity contribution in [2.45, 2.75) is 52.0 Å². The highest BCUT2D eigenvalue weighted by Gasteiger charge is 2.34. The van der Waals surface area contributed by atoms with Gasteiger partial charge in [-0.25, -0.2) is 4.39 Å². The van der Waals surface area contributed by atoms with Crippen LogP contribution in [0.5, 0.6) is 0 Å². The number of benzene rings is 1. The Morgan fingerprint density at radius 2 is 2.00 bits per heavy atom. The van der Waals surface area contributed by atoms with Crippen LogP contribution in [0.15, 0.2) is 18.2 Å². The maximum atomic E-state index is 13.5. The van der Waals surface area contributed by atoms with E-state index >= 15 is 0 Å². The van der Waals surface area contributed by atoms with E-state index in [1.54, 1.807) is 6.07 Å². The van der Waals surface area contributed by atoms with Crippen LogP contribution in [0.3, 0.4) is 0 Å². The summed E-state index contributed by atoms with van der Waals surface area (Å²) in [5, 5.41) is 3.85. The molecule has 0 atom stereocenters.